The van der Waals surface area contributed by atoms with Crippen molar-refractivity contribution in [1.29, 1.82) is 0 Å². The zero-order valence-electron chi connectivity index (χ0n) is 8.29. The average Bonchev–Trinajstić information content (AvgIpc) is 2.65. The molecule has 0 radical (unpaired) electrons. The summed E-state index contributed by atoms with van der Waals surface area (Å²) < 4.78 is 1.93. The molecular formula is C9H11N5S. The molecule has 0 aromatic carbocycles. The maximum Gasteiger partial charge on any atom is 0.174 e. The Morgan fingerprint density at radius 3 is 3.00 bits per heavy atom. The van der Waals surface area contributed by atoms with Gasteiger partial charge < -0.3 is 10.3 Å². The minimum absolute atomic E-state index is 0.461. The van der Waals surface area contributed by atoms with Crippen LogP contribution in [0.15, 0.2) is 34.8 Å². The van der Waals surface area contributed by atoms with Crippen molar-refractivity contribution in [2.75, 3.05) is 0 Å². The number of aryl methyl sites for hydroxylation is 1. The molecule has 2 N–H and O–H groups in total. The fourth-order valence-electron chi connectivity index (χ4n) is 1.12. The van der Waals surface area contributed by atoms with Gasteiger partial charge in [0.1, 0.15) is 5.03 Å². The van der Waals surface area contributed by atoms with Gasteiger partial charge in [0.2, 0.25) is 0 Å². The van der Waals surface area contributed by atoms with E-state index in [0.29, 0.717) is 6.54 Å². The summed E-state index contributed by atoms with van der Waals surface area (Å²) in [5.74, 6) is 0. The molecule has 15 heavy (non-hydrogen) atoms. The van der Waals surface area contributed by atoms with Crippen LogP contribution in [0.5, 0.6) is 0 Å². The Kier molecular flexibility index (Phi) is 2.98. The van der Waals surface area contributed by atoms with Gasteiger partial charge in [0.25, 0.3) is 0 Å². The van der Waals surface area contributed by atoms with Crippen molar-refractivity contribution >= 4 is 11.8 Å². The first-order valence-electron chi connectivity index (χ1n) is 4.47. The lowest BCUT2D eigenvalue weighted by Gasteiger charge is -2.04. The van der Waals surface area contributed by atoms with E-state index in [1.54, 1.807) is 12.4 Å². The quantitative estimate of drug-likeness (QED) is 0.831. The van der Waals surface area contributed by atoms with Gasteiger partial charge in [-0.15, -0.1) is 5.10 Å². The van der Waals surface area contributed by atoms with Gasteiger partial charge in [0.15, 0.2) is 5.16 Å². The summed E-state index contributed by atoms with van der Waals surface area (Å²) in [6, 6.07) is 1.87. The summed E-state index contributed by atoms with van der Waals surface area (Å²) in [5.41, 5.74) is 6.59. The maximum atomic E-state index is 5.61. The normalized spacial score (nSPS) is 10.5. The number of hydrogen-bond acceptors (Lipinski definition) is 5. The van der Waals surface area contributed by atoms with Crippen LogP contribution in [0.25, 0.3) is 0 Å². The van der Waals surface area contributed by atoms with Crippen LogP contribution in [0.1, 0.15) is 5.56 Å². The molecule has 0 atom stereocenters. The third kappa shape index (κ3) is 2.16. The van der Waals surface area contributed by atoms with Crippen molar-refractivity contribution in [1.82, 2.24) is 19.7 Å². The Bertz CT molecular complexity index is 453. The lowest BCUT2D eigenvalue weighted by atomic mass is 10.3. The van der Waals surface area contributed by atoms with Gasteiger partial charge in [-0.3, -0.25) is 0 Å². The molecule has 6 heteroatoms. The Labute approximate surface area is 91.7 Å². The van der Waals surface area contributed by atoms with Gasteiger partial charge in [-0.05, 0) is 17.8 Å². The highest BCUT2D eigenvalue weighted by Gasteiger charge is 2.07. The smallest absolute Gasteiger partial charge is 0.174 e. The highest BCUT2D eigenvalue weighted by molar-refractivity contribution is 7.99. The summed E-state index contributed by atoms with van der Waals surface area (Å²) >= 11 is 1.47. The van der Waals surface area contributed by atoms with Crippen molar-refractivity contribution in [2.24, 2.45) is 12.8 Å². The third-order valence-corrected chi connectivity index (χ3v) is 3.06. The molecule has 2 rings (SSSR count). The molecular weight excluding hydrogens is 210 g/mol. The number of rotatable bonds is 3. The van der Waals surface area contributed by atoms with Gasteiger partial charge >= 0.3 is 0 Å². The van der Waals surface area contributed by atoms with E-state index < -0.39 is 0 Å². The fourth-order valence-corrected chi connectivity index (χ4v) is 1.98. The lowest BCUT2D eigenvalue weighted by Crippen LogP contribution is -2.01. The van der Waals surface area contributed by atoms with Gasteiger partial charge in [-0.1, -0.05) is 0 Å². The molecule has 0 unspecified atom stereocenters. The molecule has 0 aliphatic rings. The molecule has 0 saturated carbocycles. The van der Waals surface area contributed by atoms with Crippen LogP contribution in [0, 0.1) is 0 Å². The second-order valence-electron chi connectivity index (χ2n) is 2.99. The van der Waals surface area contributed by atoms with Gasteiger partial charge in [0.05, 0.1) is 0 Å². The largest absolute Gasteiger partial charge is 0.329 e. The van der Waals surface area contributed by atoms with Crippen molar-refractivity contribution in [2.45, 2.75) is 16.7 Å². The zero-order valence-corrected chi connectivity index (χ0v) is 9.11. The van der Waals surface area contributed by atoms with Crippen molar-refractivity contribution in [3.8, 4) is 0 Å². The van der Waals surface area contributed by atoms with Crippen molar-refractivity contribution in [3.05, 3.63) is 30.2 Å². The molecule has 2 aromatic rings. The van der Waals surface area contributed by atoms with Crippen LogP contribution in [0.2, 0.25) is 0 Å². The zero-order chi connectivity index (χ0) is 10.7. The predicted octanol–water partition coefficient (Wildman–Crippen LogP) is 0.820. The Morgan fingerprint density at radius 1 is 1.47 bits per heavy atom. The summed E-state index contributed by atoms with van der Waals surface area (Å²) in [7, 11) is 1.94. The third-order valence-electron chi connectivity index (χ3n) is 1.95. The van der Waals surface area contributed by atoms with Crippen molar-refractivity contribution in [3.63, 3.8) is 0 Å². The topological polar surface area (TPSA) is 69.6 Å². The summed E-state index contributed by atoms with van der Waals surface area (Å²) in [4.78, 5) is 4.20. The Balaban J connectivity index is 2.28. The predicted molar refractivity (Wildman–Crippen MR) is 57.3 cm³/mol. The maximum absolute atomic E-state index is 5.61. The van der Waals surface area contributed by atoms with Crippen LogP contribution in [0.3, 0.4) is 0 Å². The van der Waals surface area contributed by atoms with E-state index in [4.69, 9.17) is 5.73 Å². The van der Waals surface area contributed by atoms with E-state index >= 15 is 0 Å². The summed E-state index contributed by atoms with van der Waals surface area (Å²) in [5, 5.41) is 9.58. The van der Waals surface area contributed by atoms with Crippen LogP contribution in [0.4, 0.5) is 0 Å². The average molecular weight is 221 g/mol. The minimum Gasteiger partial charge on any atom is -0.329 e. The molecule has 0 spiro atoms. The molecule has 2 heterocycles. The van der Waals surface area contributed by atoms with E-state index in [2.05, 4.69) is 15.2 Å². The Hall–Kier alpha value is -1.40. The Morgan fingerprint density at radius 2 is 2.33 bits per heavy atom. The number of nitrogens with zero attached hydrogens (tertiary/aromatic N) is 4. The SMILES string of the molecule is Cn1ccnc1Sc1nnccc1CN. The molecule has 5 nitrogen and oxygen atoms in total. The van der Waals surface area contributed by atoms with Crippen molar-refractivity contribution < 1.29 is 0 Å². The van der Waals surface area contributed by atoms with E-state index in [0.717, 1.165) is 15.7 Å². The highest BCUT2D eigenvalue weighted by Crippen LogP contribution is 2.25. The molecule has 0 bridgehead atoms. The second kappa shape index (κ2) is 4.41. The first kappa shape index (κ1) is 10.1. The van der Waals surface area contributed by atoms with E-state index in [1.807, 2.05) is 23.9 Å². The molecule has 78 valence electrons. The minimum atomic E-state index is 0.461. The second-order valence-corrected chi connectivity index (χ2v) is 3.94. The standard InChI is InChI=1S/C9H11N5S/c1-14-5-4-11-9(14)15-8-7(6-10)2-3-12-13-8/h2-5H,6,10H2,1H3. The molecule has 2 aromatic heterocycles. The van der Waals surface area contributed by atoms with Gasteiger partial charge in [-0.2, -0.15) is 5.10 Å². The fraction of sp³-hybridized carbons (Fsp3) is 0.222. The number of hydrogen-bond donors (Lipinski definition) is 1. The molecule has 0 aliphatic heterocycles. The molecule has 0 aliphatic carbocycles. The molecule has 0 saturated heterocycles. The number of imidazole rings is 1. The van der Waals surface area contributed by atoms with Gasteiger partial charge in [0, 0.05) is 37.7 Å². The van der Waals surface area contributed by atoms with E-state index in [1.165, 1.54) is 11.8 Å². The van der Waals surface area contributed by atoms with E-state index in [9.17, 15) is 0 Å². The highest BCUT2D eigenvalue weighted by atomic mass is 32.2. The van der Waals surface area contributed by atoms with E-state index in [-0.39, 0.29) is 0 Å². The van der Waals surface area contributed by atoms with Crippen LogP contribution in [-0.2, 0) is 13.6 Å². The number of aromatic nitrogens is 4. The summed E-state index contributed by atoms with van der Waals surface area (Å²) in [6.45, 7) is 0.461. The van der Waals surface area contributed by atoms with Crippen LogP contribution in [-0.4, -0.2) is 19.7 Å². The number of nitrogens with two attached hydrogens (primary N) is 1. The first-order chi connectivity index (χ1) is 7.31. The van der Waals surface area contributed by atoms with Crippen LogP contribution >= 0.6 is 11.8 Å². The lowest BCUT2D eigenvalue weighted by molar-refractivity contribution is 0.783. The monoisotopic (exact) mass is 221 g/mol. The van der Waals surface area contributed by atoms with Gasteiger partial charge in [-0.25, -0.2) is 4.98 Å². The molecule has 0 amide bonds. The molecule has 0 fully saturated rings. The van der Waals surface area contributed by atoms with Crippen LogP contribution < -0.4 is 5.73 Å². The first-order valence-corrected chi connectivity index (χ1v) is 5.28. The summed E-state index contributed by atoms with van der Waals surface area (Å²) in [6.07, 6.45) is 5.28.